The maximum atomic E-state index is 14.6. The Morgan fingerprint density at radius 3 is 1.09 bits per heavy atom. The van der Waals surface area contributed by atoms with Crippen molar-refractivity contribution in [2.45, 2.75) is 42.6 Å². The lowest BCUT2D eigenvalue weighted by Gasteiger charge is -2.38. The molecule has 20 heteroatoms. The second kappa shape index (κ2) is 11.6. The van der Waals surface area contributed by atoms with E-state index in [1.165, 1.54) is 0 Å². The number of halogens is 12. The molecule has 0 aliphatic rings. The van der Waals surface area contributed by atoms with Crippen LogP contribution >= 0.6 is 0 Å². The quantitative estimate of drug-likeness (QED) is 0.162. The van der Waals surface area contributed by atoms with E-state index >= 15 is 0 Å². The highest BCUT2D eigenvalue weighted by molar-refractivity contribution is 7.88. The van der Waals surface area contributed by atoms with Crippen molar-refractivity contribution in [3.8, 4) is 11.5 Å². The summed E-state index contributed by atoms with van der Waals surface area (Å²) in [5.74, 6) is -2.60. The van der Waals surface area contributed by atoms with Gasteiger partial charge >= 0.3 is 43.6 Å². The van der Waals surface area contributed by atoms with Gasteiger partial charge < -0.3 is 8.37 Å². The van der Waals surface area contributed by atoms with Crippen molar-refractivity contribution in [1.82, 2.24) is 0 Å². The number of hydrogen-bond donors (Lipinski definition) is 0. The normalized spacial score (nSPS) is 14.5. The SMILES string of the molecule is C/C=C\c1cc(C(c2ccc(OS(=O)(=O)C(F)(F)F)c(/C=C\C)c2)(C(F)(F)F)C(F)(F)F)ccc1OS(=O)(=O)C(F)(F)F. The predicted octanol–water partition coefficient (Wildman–Crippen LogP) is 7.62. The van der Waals surface area contributed by atoms with Crippen molar-refractivity contribution in [2.24, 2.45) is 0 Å². The van der Waals surface area contributed by atoms with Crippen LogP contribution < -0.4 is 8.37 Å². The average molecular weight is 680 g/mol. The Labute approximate surface area is 235 Å². The molecule has 43 heavy (non-hydrogen) atoms. The average Bonchev–Trinajstić information content (AvgIpc) is 2.79. The first-order chi connectivity index (χ1) is 19.3. The van der Waals surface area contributed by atoms with Crippen LogP contribution in [0.5, 0.6) is 11.5 Å². The molecule has 0 saturated heterocycles. The van der Waals surface area contributed by atoms with Crippen molar-refractivity contribution in [3.63, 3.8) is 0 Å². The maximum absolute atomic E-state index is 14.6. The van der Waals surface area contributed by atoms with Crippen molar-refractivity contribution in [3.05, 3.63) is 70.8 Å². The van der Waals surface area contributed by atoms with Gasteiger partial charge in [0.1, 0.15) is 11.5 Å². The van der Waals surface area contributed by atoms with Gasteiger partial charge in [0.05, 0.1) is 0 Å². The summed E-state index contributed by atoms with van der Waals surface area (Å²) in [6, 6.07) is 0.305. The van der Waals surface area contributed by atoms with Gasteiger partial charge in [0.15, 0.2) is 0 Å². The van der Waals surface area contributed by atoms with E-state index in [-0.39, 0.29) is 36.4 Å². The Morgan fingerprint density at radius 1 is 0.558 bits per heavy atom. The zero-order valence-corrected chi connectivity index (χ0v) is 22.7. The van der Waals surface area contributed by atoms with Gasteiger partial charge in [0.25, 0.3) is 0 Å². The van der Waals surface area contributed by atoms with E-state index in [4.69, 9.17) is 0 Å². The lowest BCUT2D eigenvalue weighted by Crippen LogP contribution is -2.54. The molecule has 0 unspecified atom stereocenters. The lowest BCUT2D eigenvalue weighted by atomic mass is 9.72. The third-order valence-corrected chi connectivity index (χ3v) is 7.33. The smallest absolute Gasteiger partial charge is 0.375 e. The largest absolute Gasteiger partial charge is 0.534 e. The van der Waals surface area contributed by atoms with Crippen LogP contribution in [0.15, 0.2) is 48.6 Å². The molecule has 2 rings (SSSR count). The van der Waals surface area contributed by atoms with Crippen molar-refractivity contribution < 1.29 is 77.9 Å². The van der Waals surface area contributed by atoms with Gasteiger partial charge in [-0.25, -0.2) is 0 Å². The van der Waals surface area contributed by atoms with Gasteiger partial charge in [0.2, 0.25) is 5.41 Å². The summed E-state index contributed by atoms with van der Waals surface area (Å²) in [7, 11) is -12.8. The molecule has 0 aliphatic carbocycles. The Kier molecular flexibility index (Phi) is 9.64. The van der Waals surface area contributed by atoms with Gasteiger partial charge in [-0.1, -0.05) is 36.4 Å². The molecule has 0 bridgehead atoms. The molecule has 0 heterocycles. The fourth-order valence-corrected chi connectivity index (χ4v) is 4.61. The van der Waals surface area contributed by atoms with Gasteiger partial charge in [-0.2, -0.15) is 69.5 Å². The second-order valence-corrected chi connectivity index (χ2v) is 11.3. The van der Waals surface area contributed by atoms with Gasteiger partial charge in [-0.05, 0) is 49.2 Å². The third kappa shape index (κ3) is 6.89. The standard InChI is InChI=1S/C23H16F12O6S2/c1-3-5-13-11-15(7-9-17(13)40-42(36,37)22(30,31)32)19(20(24,25)26,21(27,28)29)16-8-10-18(14(12-16)6-4-2)41-43(38,39)23(33,34)35/h3-12H,1-2H3/b5-3-,6-4-. The third-order valence-electron chi connectivity index (χ3n) is 5.39. The maximum Gasteiger partial charge on any atom is 0.534 e. The number of allylic oxidation sites excluding steroid dienone is 2. The highest BCUT2D eigenvalue weighted by Gasteiger charge is 2.72. The van der Waals surface area contributed by atoms with Crippen LogP contribution in [0.3, 0.4) is 0 Å². The molecule has 6 nitrogen and oxygen atoms in total. The molecule has 0 aliphatic heterocycles. The van der Waals surface area contributed by atoms with Crippen LogP contribution in [-0.4, -0.2) is 40.2 Å². The first-order valence-electron chi connectivity index (χ1n) is 11.0. The Bertz CT molecular complexity index is 1490. The monoisotopic (exact) mass is 680 g/mol. The molecule has 0 atom stereocenters. The van der Waals surface area contributed by atoms with E-state index in [1.807, 2.05) is 0 Å². The van der Waals surface area contributed by atoms with Crippen LogP contribution in [0.1, 0.15) is 36.1 Å². The second-order valence-electron chi connectivity index (χ2n) is 8.22. The Morgan fingerprint density at radius 2 is 0.860 bits per heavy atom. The highest BCUT2D eigenvalue weighted by atomic mass is 32.2. The minimum atomic E-state index is -6.42. The lowest BCUT2D eigenvalue weighted by molar-refractivity contribution is -0.288. The molecule has 0 aromatic heterocycles. The summed E-state index contributed by atoms with van der Waals surface area (Å²) >= 11 is 0. The minimum absolute atomic E-state index is 0.0108. The van der Waals surface area contributed by atoms with E-state index in [0.29, 0.717) is 12.2 Å². The summed E-state index contributed by atoms with van der Waals surface area (Å²) in [6.45, 7) is 2.26. The minimum Gasteiger partial charge on any atom is -0.375 e. The fourth-order valence-electron chi connectivity index (χ4n) is 3.65. The number of benzene rings is 2. The van der Waals surface area contributed by atoms with Gasteiger partial charge in [0, 0.05) is 11.1 Å². The van der Waals surface area contributed by atoms with Crippen molar-refractivity contribution in [2.75, 3.05) is 0 Å². The van der Waals surface area contributed by atoms with Gasteiger partial charge in [-0.15, -0.1) is 0 Å². The molecular weight excluding hydrogens is 664 g/mol. The molecule has 2 aromatic carbocycles. The molecule has 0 radical (unpaired) electrons. The highest BCUT2D eigenvalue weighted by Crippen LogP contribution is 2.57. The summed E-state index contributed by atoms with van der Waals surface area (Å²) in [5.41, 5.74) is -22.5. The first-order valence-corrected chi connectivity index (χ1v) is 13.8. The first kappa shape index (κ1) is 35.8. The molecule has 0 amide bonds. The molecule has 240 valence electrons. The molecule has 0 fully saturated rings. The van der Waals surface area contributed by atoms with E-state index in [1.54, 1.807) is 0 Å². The molecular formula is C23H16F12O6S2. The van der Waals surface area contributed by atoms with E-state index in [2.05, 4.69) is 8.37 Å². The Hall–Kier alpha value is -3.42. The zero-order valence-electron chi connectivity index (χ0n) is 21.1. The van der Waals surface area contributed by atoms with E-state index in [9.17, 15) is 69.5 Å². The fraction of sp³-hybridized carbons (Fsp3) is 0.304. The van der Waals surface area contributed by atoms with Crippen molar-refractivity contribution >= 4 is 32.4 Å². The Balaban J connectivity index is 3.00. The number of rotatable bonds is 8. The van der Waals surface area contributed by atoms with E-state index in [0.717, 1.165) is 26.0 Å². The topological polar surface area (TPSA) is 86.7 Å². The summed E-state index contributed by atoms with van der Waals surface area (Å²) in [5, 5.41) is 0. The molecule has 0 N–H and O–H groups in total. The summed E-state index contributed by atoms with van der Waals surface area (Å²) in [4.78, 5) is 0. The van der Waals surface area contributed by atoms with Gasteiger partial charge in [-0.3, -0.25) is 0 Å². The van der Waals surface area contributed by atoms with Crippen molar-refractivity contribution in [1.29, 1.82) is 0 Å². The van der Waals surface area contributed by atoms with Crippen LogP contribution in [0.4, 0.5) is 52.7 Å². The van der Waals surface area contributed by atoms with Crippen LogP contribution in [0, 0.1) is 0 Å². The predicted molar refractivity (Wildman–Crippen MR) is 126 cm³/mol. The summed E-state index contributed by atoms with van der Waals surface area (Å²) < 4.78 is 218. The number of hydrogen-bond acceptors (Lipinski definition) is 6. The molecule has 2 aromatic rings. The van der Waals surface area contributed by atoms with E-state index < -0.39 is 82.8 Å². The van der Waals surface area contributed by atoms with Crippen LogP contribution in [-0.2, 0) is 25.7 Å². The number of alkyl halides is 12. The van der Waals surface area contributed by atoms with Crippen LogP contribution in [0.2, 0.25) is 0 Å². The molecule has 0 spiro atoms. The molecule has 0 saturated carbocycles. The summed E-state index contributed by atoms with van der Waals surface area (Å²) in [6.07, 6.45) is -9.55. The zero-order chi connectivity index (χ0) is 33.4. The van der Waals surface area contributed by atoms with Crippen LogP contribution in [0.25, 0.3) is 12.2 Å².